The van der Waals surface area contributed by atoms with Crippen LogP contribution >= 0.6 is 35.1 Å². The maximum Gasteiger partial charge on any atom is 0.357 e. The van der Waals surface area contributed by atoms with E-state index >= 15 is 0 Å². The Kier molecular flexibility index (Phi) is 9.15. The van der Waals surface area contributed by atoms with Gasteiger partial charge in [0.05, 0.1) is 22.2 Å². The lowest BCUT2D eigenvalue weighted by Gasteiger charge is -2.37. The van der Waals surface area contributed by atoms with Gasteiger partial charge < -0.3 is 9.47 Å². The number of benzene rings is 1. The van der Waals surface area contributed by atoms with Gasteiger partial charge in [0.25, 0.3) is 5.69 Å². The first-order valence-corrected chi connectivity index (χ1v) is 10.9. The van der Waals surface area contributed by atoms with Crippen LogP contribution < -0.4 is 0 Å². The van der Waals surface area contributed by atoms with Crippen molar-refractivity contribution in [3.63, 3.8) is 0 Å². The molecule has 1 unspecified atom stereocenters. The normalized spacial score (nSPS) is 16.6. The number of hydrogen-bond acceptors (Lipinski definition) is 9. The summed E-state index contributed by atoms with van der Waals surface area (Å²) in [6.07, 6.45) is 0.0709. The highest BCUT2D eigenvalue weighted by molar-refractivity contribution is 8.29. The summed E-state index contributed by atoms with van der Waals surface area (Å²) in [6.45, 7) is 1.55. The summed E-state index contributed by atoms with van der Waals surface area (Å²) in [5, 5.41) is 10.5. The summed E-state index contributed by atoms with van der Waals surface area (Å²) >= 11 is 8.13. The van der Waals surface area contributed by atoms with Crippen LogP contribution in [0.2, 0.25) is 0 Å². The number of nitro groups is 1. The van der Waals surface area contributed by atoms with E-state index in [-0.39, 0.29) is 35.4 Å². The number of β-lactam (4-membered cyclic amide) rings is 1. The lowest BCUT2D eigenvalue weighted by Crippen LogP contribution is -2.50. The highest BCUT2D eigenvalue weighted by Crippen LogP contribution is 2.39. The number of nitro benzene ring substituents is 1. The third kappa shape index (κ3) is 6.46. The van der Waals surface area contributed by atoms with Gasteiger partial charge >= 0.3 is 5.97 Å². The zero-order valence-electron chi connectivity index (χ0n) is 16.2. The minimum Gasteiger partial charge on any atom is -0.456 e. The number of carbonyl (C=O) groups is 3. The largest absolute Gasteiger partial charge is 0.456 e. The number of methoxy groups -OCH3 is 1. The number of thioether (sulfide) groups is 2. The van der Waals surface area contributed by atoms with Gasteiger partial charge in [-0.15, -0.1) is 11.8 Å². The maximum absolute atomic E-state index is 12.9. The monoisotopic (exact) mass is 474 g/mol. The second-order valence-corrected chi connectivity index (χ2v) is 9.03. The lowest BCUT2D eigenvalue weighted by molar-refractivity contribution is -0.384. The second-order valence-electron chi connectivity index (χ2n) is 5.97. The topological polar surface area (TPSA) is 116 Å². The molecule has 1 fully saturated rings. The van der Waals surface area contributed by atoms with Gasteiger partial charge in [-0.05, 0) is 29.5 Å². The van der Waals surface area contributed by atoms with E-state index in [1.54, 1.807) is 0 Å². The molecule has 1 aliphatic rings. The number of halogens is 1. The number of amides is 1. The van der Waals surface area contributed by atoms with Gasteiger partial charge in [0, 0.05) is 31.9 Å². The van der Waals surface area contributed by atoms with E-state index in [2.05, 4.69) is 0 Å². The Morgan fingerprint density at radius 1 is 1.33 bits per heavy atom. The predicted molar refractivity (Wildman–Crippen MR) is 114 cm³/mol. The molecule has 1 aliphatic heterocycles. The number of alkyl halides is 1. The van der Waals surface area contributed by atoms with Crippen molar-refractivity contribution in [1.82, 2.24) is 4.90 Å². The summed E-state index contributed by atoms with van der Waals surface area (Å²) in [6, 6.07) is 5.52. The molecule has 0 N–H and O–H groups in total. The van der Waals surface area contributed by atoms with Crippen LogP contribution in [0.3, 0.4) is 0 Å². The minimum absolute atomic E-state index is 0.0709. The molecule has 1 saturated heterocycles. The van der Waals surface area contributed by atoms with Crippen LogP contribution in [0.15, 0.2) is 34.2 Å². The minimum atomic E-state index is -0.819. The number of hydrogen-bond donors (Lipinski definition) is 0. The molecule has 1 heterocycles. The number of carbonyl (C=O) groups excluding carboxylic acids is 3. The molecular formula is C18H19ClN2O7S2. The molecule has 0 saturated carbocycles. The fourth-order valence-electron chi connectivity index (χ4n) is 2.35. The first-order valence-electron chi connectivity index (χ1n) is 8.65. The third-order valence-corrected chi connectivity index (χ3v) is 6.24. The Labute approximate surface area is 186 Å². The van der Waals surface area contributed by atoms with Gasteiger partial charge in [0.2, 0.25) is 5.91 Å². The molecule has 9 nitrogen and oxygen atoms in total. The number of likely N-dealkylation sites (tertiary alicyclic amines) is 1. The Bertz CT molecular complexity index is 861. The van der Waals surface area contributed by atoms with Crippen LogP contribution in [0, 0.1) is 10.1 Å². The molecule has 12 heteroatoms. The number of esters is 1. The van der Waals surface area contributed by atoms with E-state index in [4.69, 9.17) is 21.1 Å². The van der Waals surface area contributed by atoms with Crippen molar-refractivity contribution < 1.29 is 28.8 Å². The quantitative estimate of drug-likeness (QED) is 0.0735. The zero-order valence-corrected chi connectivity index (χ0v) is 18.6. The second kappa shape index (κ2) is 11.3. The number of non-ortho nitro benzene ring substituents is 1. The molecule has 0 aliphatic carbocycles. The summed E-state index contributed by atoms with van der Waals surface area (Å²) in [5.74, 6) is -0.729. The van der Waals surface area contributed by atoms with Crippen LogP contribution in [-0.2, 0) is 30.5 Å². The third-order valence-electron chi connectivity index (χ3n) is 3.79. The molecule has 1 aromatic rings. The van der Waals surface area contributed by atoms with Crippen molar-refractivity contribution in [2.75, 3.05) is 19.5 Å². The van der Waals surface area contributed by atoms with Crippen LogP contribution in [0.4, 0.5) is 5.69 Å². The molecule has 1 atom stereocenters. The van der Waals surface area contributed by atoms with E-state index < -0.39 is 16.4 Å². The van der Waals surface area contributed by atoms with E-state index in [9.17, 15) is 24.5 Å². The molecule has 0 spiro atoms. The zero-order chi connectivity index (χ0) is 22.3. The average molecular weight is 475 g/mol. The molecule has 0 aromatic heterocycles. The van der Waals surface area contributed by atoms with E-state index in [0.717, 1.165) is 16.7 Å². The van der Waals surface area contributed by atoms with Crippen molar-refractivity contribution in [2.24, 2.45) is 0 Å². The lowest BCUT2D eigenvalue weighted by atomic mass is 10.2. The van der Waals surface area contributed by atoms with Gasteiger partial charge in [0.15, 0.2) is 10.8 Å². The fourth-order valence-corrected chi connectivity index (χ4v) is 4.82. The van der Waals surface area contributed by atoms with E-state index in [1.807, 2.05) is 0 Å². The van der Waals surface area contributed by atoms with Crippen molar-refractivity contribution in [3.05, 3.63) is 49.9 Å². The standard InChI is InChI=1S/C18H19ClN2O7S2/c1-11(22)30-18(29-8-7-27-2)16(20-14(19)9-15(20)23)17(24)28-10-12-3-5-13(6-4-12)21(25)26/h3-6,14H,7-10H2,1-2H3. The summed E-state index contributed by atoms with van der Waals surface area (Å²) in [4.78, 5) is 48.0. The number of ether oxygens (including phenoxy) is 2. The number of nitrogens with zero attached hydrogens (tertiary/aromatic N) is 2. The van der Waals surface area contributed by atoms with Gasteiger partial charge in [-0.1, -0.05) is 11.6 Å². The maximum atomic E-state index is 12.9. The molecule has 2 rings (SSSR count). The summed E-state index contributed by atoms with van der Waals surface area (Å²) in [7, 11) is 1.52. The van der Waals surface area contributed by atoms with Gasteiger partial charge in [0.1, 0.15) is 12.1 Å². The Morgan fingerprint density at radius 3 is 2.50 bits per heavy atom. The SMILES string of the molecule is COCCSC(SC(C)=O)=C(C(=O)OCc1ccc([N+](=O)[O-])cc1)N1C(=O)CC1Cl. The van der Waals surface area contributed by atoms with Crippen molar-refractivity contribution in [1.29, 1.82) is 0 Å². The van der Waals surface area contributed by atoms with Gasteiger partial charge in [-0.25, -0.2) is 4.79 Å². The predicted octanol–water partition coefficient (Wildman–Crippen LogP) is 3.26. The number of rotatable bonds is 10. The van der Waals surface area contributed by atoms with Crippen LogP contribution in [-0.4, -0.2) is 51.8 Å². The Hall–Kier alpha value is -2.08. The Balaban J connectivity index is 2.25. The van der Waals surface area contributed by atoms with E-state index in [1.165, 1.54) is 50.1 Å². The molecular weight excluding hydrogens is 456 g/mol. The first kappa shape index (κ1) is 24.2. The summed E-state index contributed by atoms with van der Waals surface area (Å²) < 4.78 is 10.6. The molecule has 0 radical (unpaired) electrons. The molecule has 1 amide bonds. The highest BCUT2D eigenvalue weighted by Gasteiger charge is 2.42. The van der Waals surface area contributed by atoms with Crippen LogP contribution in [0.25, 0.3) is 0 Å². The van der Waals surface area contributed by atoms with Crippen molar-refractivity contribution in [3.8, 4) is 0 Å². The van der Waals surface area contributed by atoms with Gasteiger partial charge in [-0.3, -0.25) is 24.6 Å². The van der Waals surface area contributed by atoms with E-state index in [0.29, 0.717) is 22.2 Å². The fraction of sp³-hybridized carbons (Fsp3) is 0.389. The molecule has 1 aromatic carbocycles. The molecule has 162 valence electrons. The first-order chi connectivity index (χ1) is 14.2. The van der Waals surface area contributed by atoms with Crippen molar-refractivity contribution in [2.45, 2.75) is 25.5 Å². The average Bonchev–Trinajstić information content (AvgIpc) is 2.69. The Morgan fingerprint density at radius 2 is 2.00 bits per heavy atom. The van der Waals surface area contributed by atoms with Gasteiger partial charge in [-0.2, -0.15) is 0 Å². The summed E-state index contributed by atoms with van der Waals surface area (Å²) in [5.41, 5.74) is -0.366. The highest BCUT2D eigenvalue weighted by atomic mass is 35.5. The molecule has 30 heavy (non-hydrogen) atoms. The van der Waals surface area contributed by atoms with Crippen molar-refractivity contribution >= 4 is 57.8 Å². The van der Waals surface area contributed by atoms with Crippen LogP contribution in [0.1, 0.15) is 18.9 Å². The molecule has 0 bridgehead atoms. The van der Waals surface area contributed by atoms with Crippen LogP contribution in [0.5, 0.6) is 0 Å². The smallest absolute Gasteiger partial charge is 0.357 e.